The molecule has 0 spiro atoms. The molecule has 0 radical (unpaired) electrons. The van der Waals surface area contributed by atoms with Crippen molar-refractivity contribution < 1.29 is 9.53 Å². The molecule has 202 valence electrons. The van der Waals surface area contributed by atoms with Crippen molar-refractivity contribution in [2.75, 3.05) is 84.2 Å². The van der Waals surface area contributed by atoms with E-state index in [1.807, 2.05) is 30.3 Å². The van der Waals surface area contributed by atoms with Gasteiger partial charge in [-0.3, -0.25) is 9.69 Å². The second-order valence-corrected chi connectivity index (χ2v) is 10.5. The number of fused-ring (bicyclic) bond motifs is 1. The second kappa shape index (κ2) is 12.1. The number of hydrogen-bond acceptors (Lipinski definition) is 8. The molecule has 38 heavy (non-hydrogen) atoms. The van der Waals surface area contributed by atoms with Gasteiger partial charge in [-0.15, -0.1) is 0 Å². The molecule has 0 saturated carbocycles. The Bertz CT molecular complexity index is 1250. The van der Waals surface area contributed by atoms with Crippen LogP contribution in [0.1, 0.15) is 12.8 Å². The Labute approximate surface area is 225 Å². The number of amides is 1. The summed E-state index contributed by atoms with van der Waals surface area (Å²) in [5.74, 6) is 2.10. The van der Waals surface area contributed by atoms with Crippen molar-refractivity contribution in [1.29, 1.82) is 0 Å². The number of nitrogens with one attached hydrogen (secondary N) is 2. The Balaban J connectivity index is 1.26. The zero-order valence-corrected chi connectivity index (χ0v) is 22.7. The number of piperazine rings is 1. The number of carbonyl (C=O) groups is 1. The third-order valence-corrected chi connectivity index (χ3v) is 7.80. The molecule has 9 nitrogen and oxygen atoms in total. The smallest absolute Gasteiger partial charge is 0.238 e. The van der Waals surface area contributed by atoms with Crippen LogP contribution in [0, 0.1) is 5.92 Å². The Kier molecular flexibility index (Phi) is 8.36. The Hall–Kier alpha value is -3.27. The maximum absolute atomic E-state index is 13.2. The zero-order chi connectivity index (χ0) is 26.5. The summed E-state index contributed by atoms with van der Waals surface area (Å²) in [5.41, 5.74) is 2.46. The molecule has 3 heterocycles. The van der Waals surface area contributed by atoms with E-state index >= 15 is 0 Å². The summed E-state index contributed by atoms with van der Waals surface area (Å²) in [7, 11) is 5.66. The molecule has 2 fully saturated rings. The number of anilines is 2. The fraction of sp³-hybridized carbons (Fsp3) is 0.483. The molecule has 2 aliphatic heterocycles. The average molecular weight is 518 g/mol. The number of rotatable bonds is 8. The Morgan fingerprint density at radius 3 is 2.53 bits per heavy atom. The predicted molar refractivity (Wildman–Crippen MR) is 153 cm³/mol. The number of aromatic nitrogens is 2. The summed E-state index contributed by atoms with van der Waals surface area (Å²) in [4.78, 5) is 29.3. The van der Waals surface area contributed by atoms with Gasteiger partial charge in [0.1, 0.15) is 5.75 Å². The van der Waals surface area contributed by atoms with E-state index < -0.39 is 0 Å². The van der Waals surface area contributed by atoms with Gasteiger partial charge in [-0.05, 0) is 74.6 Å². The monoisotopic (exact) mass is 517 g/mol. The fourth-order valence-corrected chi connectivity index (χ4v) is 5.49. The molecule has 2 aliphatic rings. The number of nitrogens with zero attached hydrogens (tertiary/aromatic N) is 5. The van der Waals surface area contributed by atoms with E-state index in [2.05, 4.69) is 48.4 Å². The first-order valence-corrected chi connectivity index (χ1v) is 13.6. The quantitative estimate of drug-likeness (QED) is 0.471. The van der Waals surface area contributed by atoms with Crippen LogP contribution in [0.5, 0.6) is 5.75 Å². The first kappa shape index (κ1) is 26.3. The summed E-state index contributed by atoms with van der Waals surface area (Å²) >= 11 is 0. The van der Waals surface area contributed by atoms with Crippen LogP contribution in [0.4, 0.5) is 11.6 Å². The molecule has 1 amide bonds. The molecule has 3 aromatic rings. The number of hydrogen-bond donors (Lipinski definition) is 2. The molecule has 2 N–H and O–H groups in total. The molecule has 9 heteroatoms. The lowest BCUT2D eigenvalue weighted by Gasteiger charge is -2.38. The highest BCUT2D eigenvalue weighted by Crippen LogP contribution is 2.33. The van der Waals surface area contributed by atoms with Crippen molar-refractivity contribution >= 4 is 28.3 Å². The van der Waals surface area contributed by atoms with Gasteiger partial charge in [0.05, 0.1) is 19.3 Å². The molecule has 0 bridgehead atoms. The van der Waals surface area contributed by atoms with E-state index in [9.17, 15) is 4.79 Å². The SMILES string of the molecule is CNc1nccc(-c2cc(NC(=O)CN3CCN(CC4CCN(C)CC4)CC3)c3cc(OC)ccc3c2)n1. The average Bonchev–Trinajstić information content (AvgIpc) is 2.95. The standard InChI is InChI=1S/C29H39N7O2/c1-30-29-31-9-6-26(33-29)23-16-22-4-5-24(38-3)18-25(22)27(17-23)32-28(37)20-36-14-12-35(13-15-36)19-21-7-10-34(2)11-8-21/h4-6,9,16-18,21H,7-8,10-15,19-20H2,1-3H3,(H,32,37)(H,30,31,33). The first-order valence-electron chi connectivity index (χ1n) is 13.6. The van der Waals surface area contributed by atoms with Crippen LogP contribution in [0.2, 0.25) is 0 Å². The van der Waals surface area contributed by atoms with Crippen molar-refractivity contribution in [2.24, 2.45) is 5.92 Å². The molecule has 2 saturated heterocycles. The maximum atomic E-state index is 13.2. The minimum atomic E-state index is -0.00589. The van der Waals surface area contributed by atoms with E-state index in [4.69, 9.17) is 4.74 Å². The largest absolute Gasteiger partial charge is 0.497 e. The number of ether oxygens (including phenoxy) is 1. The van der Waals surface area contributed by atoms with Crippen molar-refractivity contribution in [3.63, 3.8) is 0 Å². The number of carbonyl (C=O) groups excluding carboxylic acids is 1. The van der Waals surface area contributed by atoms with Crippen LogP contribution in [0.3, 0.4) is 0 Å². The Morgan fingerprint density at radius 2 is 1.79 bits per heavy atom. The van der Waals surface area contributed by atoms with E-state index in [1.165, 1.54) is 32.5 Å². The van der Waals surface area contributed by atoms with E-state index in [1.54, 1.807) is 20.4 Å². The number of likely N-dealkylation sites (tertiary alicyclic amines) is 1. The summed E-state index contributed by atoms with van der Waals surface area (Å²) in [6.45, 7) is 7.88. The molecule has 0 unspecified atom stereocenters. The van der Waals surface area contributed by atoms with Gasteiger partial charge in [0.15, 0.2) is 0 Å². The van der Waals surface area contributed by atoms with Crippen molar-refractivity contribution in [1.82, 2.24) is 24.7 Å². The third-order valence-electron chi connectivity index (χ3n) is 7.80. The number of methoxy groups -OCH3 is 1. The van der Waals surface area contributed by atoms with Crippen molar-refractivity contribution in [2.45, 2.75) is 12.8 Å². The third kappa shape index (κ3) is 6.40. The molecule has 0 atom stereocenters. The summed E-state index contributed by atoms with van der Waals surface area (Å²) in [5, 5.41) is 8.12. The van der Waals surface area contributed by atoms with Gasteiger partial charge in [-0.25, -0.2) is 9.97 Å². The van der Waals surface area contributed by atoms with Gasteiger partial charge in [0, 0.05) is 62.6 Å². The van der Waals surface area contributed by atoms with Crippen LogP contribution >= 0.6 is 0 Å². The van der Waals surface area contributed by atoms with Gasteiger partial charge in [0.2, 0.25) is 11.9 Å². The molecule has 1 aromatic heterocycles. The van der Waals surface area contributed by atoms with Gasteiger partial charge < -0.3 is 25.2 Å². The lowest BCUT2D eigenvalue weighted by molar-refractivity contribution is -0.117. The normalized spacial score (nSPS) is 18.0. The molecular weight excluding hydrogens is 478 g/mol. The van der Waals surface area contributed by atoms with E-state index in [-0.39, 0.29) is 5.91 Å². The number of piperidine rings is 1. The van der Waals surface area contributed by atoms with Crippen LogP contribution < -0.4 is 15.4 Å². The fourth-order valence-electron chi connectivity index (χ4n) is 5.49. The van der Waals surface area contributed by atoms with Gasteiger partial charge >= 0.3 is 0 Å². The van der Waals surface area contributed by atoms with E-state index in [0.29, 0.717) is 12.5 Å². The Morgan fingerprint density at radius 1 is 1.03 bits per heavy atom. The zero-order valence-electron chi connectivity index (χ0n) is 22.7. The van der Waals surface area contributed by atoms with Gasteiger partial charge in [0.25, 0.3) is 0 Å². The summed E-state index contributed by atoms with van der Waals surface area (Å²) in [6.07, 6.45) is 4.32. The van der Waals surface area contributed by atoms with Crippen LogP contribution in [-0.4, -0.2) is 104 Å². The summed E-state index contributed by atoms with van der Waals surface area (Å²) < 4.78 is 5.46. The minimum absolute atomic E-state index is 0.00589. The summed E-state index contributed by atoms with van der Waals surface area (Å²) in [6, 6.07) is 11.9. The second-order valence-electron chi connectivity index (χ2n) is 10.5. The van der Waals surface area contributed by atoms with Crippen LogP contribution in [-0.2, 0) is 4.79 Å². The first-order chi connectivity index (χ1) is 18.5. The van der Waals surface area contributed by atoms with Crippen LogP contribution in [0.15, 0.2) is 42.6 Å². The maximum Gasteiger partial charge on any atom is 0.238 e. The molecule has 2 aromatic carbocycles. The number of benzene rings is 2. The lowest BCUT2D eigenvalue weighted by atomic mass is 9.96. The molecule has 0 aliphatic carbocycles. The molecule has 5 rings (SSSR count). The minimum Gasteiger partial charge on any atom is -0.497 e. The molecular formula is C29H39N7O2. The van der Waals surface area contributed by atoms with Gasteiger partial charge in [-0.2, -0.15) is 0 Å². The highest BCUT2D eigenvalue weighted by Gasteiger charge is 2.24. The van der Waals surface area contributed by atoms with E-state index in [0.717, 1.165) is 65.6 Å². The topological polar surface area (TPSA) is 85.9 Å². The highest BCUT2D eigenvalue weighted by atomic mass is 16.5. The predicted octanol–water partition coefficient (Wildman–Crippen LogP) is 3.25. The van der Waals surface area contributed by atoms with Gasteiger partial charge in [-0.1, -0.05) is 6.07 Å². The van der Waals surface area contributed by atoms with Crippen LogP contribution in [0.25, 0.3) is 22.0 Å². The highest BCUT2D eigenvalue weighted by molar-refractivity contribution is 6.05. The lowest BCUT2D eigenvalue weighted by Crippen LogP contribution is -2.50. The van der Waals surface area contributed by atoms with Crippen molar-refractivity contribution in [3.8, 4) is 17.0 Å². The van der Waals surface area contributed by atoms with Crippen molar-refractivity contribution in [3.05, 3.63) is 42.6 Å².